The summed E-state index contributed by atoms with van der Waals surface area (Å²) in [5.41, 5.74) is 3.97. The number of benzene rings is 2. The van der Waals surface area contributed by atoms with E-state index in [1.54, 1.807) is 6.07 Å². The van der Waals surface area contributed by atoms with Crippen molar-refractivity contribution in [3.05, 3.63) is 58.1 Å². The van der Waals surface area contributed by atoms with Gasteiger partial charge in [0.25, 0.3) is 0 Å². The van der Waals surface area contributed by atoms with Crippen molar-refractivity contribution in [1.29, 1.82) is 0 Å². The van der Waals surface area contributed by atoms with Gasteiger partial charge >= 0.3 is 0 Å². The number of rotatable bonds is 7. The molecule has 28 heavy (non-hydrogen) atoms. The zero-order valence-electron chi connectivity index (χ0n) is 16.6. The Labute approximate surface area is 176 Å². The van der Waals surface area contributed by atoms with Crippen LogP contribution in [0.1, 0.15) is 23.6 Å². The summed E-state index contributed by atoms with van der Waals surface area (Å²) in [6, 6.07) is 10.8. The summed E-state index contributed by atoms with van der Waals surface area (Å²) >= 11 is 7.57. The van der Waals surface area contributed by atoms with E-state index in [0.29, 0.717) is 5.69 Å². The Kier molecular flexibility index (Phi) is 7.56. The van der Waals surface area contributed by atoms with Crippen molar-refractivity contribution in [2.24, 2.45) is 0 Å². The third kappa shape index (κ3) is 5.73. The van der Waals surface area contributed by atoms with Crippen molar-refractivity contribution in [1.82, 2.24) is 4.31 Å². The van der Waals surface area contributed by atoms with Gasteiger partial charge in [-0.2, -0.15) is 0 Å². The van der Waals surface area contributed by atoms with Crippen LogP contribution >= 0.6 is 23.4 Å². The Morgan fingerprint density at radius 1 is 1.14 bits per heavy atom. The Hall–Kier alpha value is -1.54. The zero-order valence-corrected chi connectivity index (χ0v) is 19.0. The fraction of sp³-hybridized carbons (Fsp3) is 0.350. The summed E-state index contributed by atoms with van der Waals surface area (Å²) in [5.74, 6) is 0.530. The first kappa shape index (κ1) is 22.7. The molecule has 0 saturated carbocycles. The Balaban J connectivity index is 2.07. The van der Waals surface area contributed by atoms with Gasteiger partial charge < -0.3 is 5.32 Å². The maximum absolute atomic E-state index is 12.5. The van der Waals surface area contributed by atoms with E-state index in [1.165, 1.54) is 54.7 Å². The molecule has 2 aromatic rings. The molecule has 0 bridgehead atoms. The largest absolute Gasteiger partial charge is 0.325 e. The molecule has 0 fully saturated rings. The van der Waals surface area contributed by atoms with Crippen LogP contribution in [-0.2, 0) is 20.6 Å². The van der Waals surface area contributed by atoms with Gasteiger partial charge in [0.2, 0.25) is 15.9 Å². The molecule has 0 aliphatic carbocycles. The van der Waals surface area contributed by atoms with E-state index in [-0.39, 0.29) is 21.1 Å². The third-order valence-corrected chi connectivity index (χ3v) is 7.62. The van der Waals surface area contributed by atoms with E-state index in [1.807, 2.05) is 6.92 Å². The summed E-state index contributed by atoms with van der Waals surface area (Å²) in [4.78, 5) is 12.5. The molecule has 1 atom stereocenters. The maximum atomic E-state index is 12.5. The molecule has 0 aliphatic heterocycles. The van der Waals surface area contributed by atoms with E-state index < -0.39 is 10.0 Å². The molecule has 0 aliphatic rings. The molecule has 0 aromatic heterocycles. The smallest absolute Gasteiger partial charge is 0.244 e. The molecule has 1 unspecified atom stereocenters. The highest BCUT2D eigenvalue weighted by atomic mass is 35.5. The number of hydrogen-bond donors (Lipinski definition) is 1. The van der Waals surface area contributed by atoms with Crippen molar-refractivity contribution in [3.63, 3.8) is 0 Å². The van der Waals surface area contributed by atoms with Crippen LogP contribution in [0.2, 0.25) is 5.02 Å². The molecule has 152 valence electrons. The van der Waals surface area contributed by atoms with Crippen LogP contribution in [0.4, 0.5) is 5.69 Å². The minimum atomic E-state index is -3.70. The molecule has 2 rings (SSSR count). The molecule has 0 heterocycles. The van der Waals surface area contributed by atoms with Crippen molar-refractivity contribution in [2.45, 2.75) is 36.7 Å². The first-order valence-electron chi connectivity index (χ1n) is 8.72. The lowest BCUT2D eigenvalue weighted by Crippen LogP contribution is -2.24. The van der Waals surface area contributed by atoms with Gasteiger partial charge in [-0.05, 0) is 44.5 Å². The highest BCUT2D eigenvalue weighted by Crippen LogP contribution is 2.27. The summed E-state index contributed by atoms with van der Waals surface area (Å²) in [6.45, 7) is 5.93. The minimum Gasteiger partial charge on any atom is -0.325 e. The normalized spacial score (nSPS) is 12.8. The van der Waals surface area contributed by atoms with E-state index >= 15 is 0 Å². The molecule has 2 aromatic carbocycles. The second-order valence-electron chi connectivity index (χ2n) is 6.87. The lowest BCUT2D eigenvalue weighted by atomic mass is 10.1. The highest BCUT2D eigenvalue weighted by Gasteiger charge is 2.22. The van der Waals surface area contributed by atoms with Crippen LogP contribution in [0.15, 0.2) is 41.3 Å². The quantitative estimate of drug-likeness (QED) is 0.689. The van der Waals surface area contributed by atoms with Crippen LogP contribution in [-0.4, -0.2) is 38.0 Å². The number of nitrogens with zero attached hydrogens (tertiary/aromatic N) is 1. The number of anilines is 1. The van der Waals surface area contributed by atoms with Gasteiger partial charge in [-0.15, -0.1) is 11.8 Å². The molecule has 1 N–H and O–H groups in total. The molecule has 1 amide bonds. The van der Waals surface area contributed by atoms with Crippen LogP contribution in [0.25, 0.3) is 0 Å². The third-order valence-electron chi connectivity index (χ3n) is 4.11. The van der Waals surface area contributed by atoms with Gasteiger partial charge in [0, 0.05) is 25.5 Å². The predicted octanol–water partition coefficient (Wildman–Crippen LogP) is 4.47. The van der Waals surface area contributed by atoms with Gasteiger partial charge in [0.15, 0.2) is 0 Å². The number of halogens is 1. The summed E-state index contributed by atoms with van der Waals surface area (Å²) in [6.07, 6.45) is 0. The number of nitrogens with one attached hydrogen (secondary N) is 1. The van der Waals surface area contributed by atoms with Crippen molar-refractivity contribution in [3.8, 4) is 0 Å². The lowest BCUT2D eigenvalue weighted by Gasteiger charge is -2.16. The molecule has 5 nitrogen and oxygen atoms in total. The number of carbonyl (C=O) groups is 1. The monoisotopic (exact) mass is 440 g/mol. The molecule has 0 radical (unpaired) electrons. The highest BCUT2D eigenvalue weighted by molar-refractivity contribution is 7.99. The average molecular weight is 441 g/mol. The number of sulfonamides is 1. The van der Waals surface area contributed by atoms with Gasteiger partial charge in [-0.25, -0.2) is 12.7 Å². The first-order chi connectivity index (χ1) is 13.0. The van der Waals surface area contributed by atoms with Crippen LogP contribution in [0, 0.1) is 13.8 Å². The average Bonchev–Trinajstić information content (AvgIpc) is 2.60. The van der Waals surface area contributed by atoms with E-state index in [4.69, 9.17) is 11.6 Å². The number of hydrogen-bond acceptors (Lipinski definition) is 4. The number of aryl methyl sites for hydroxylation is 2. The van der Waals surface area contributed by atoms with Gasteiger partial charge in [-0.3, -0.25) is 4.79 Å². The minimum absolute atomic E-state index is 0.0347. The molecular weight excluding hydrogens is 416 g/mol. The van der Waals surface area contributed by atoms with Gasteiger partial charge in [0.05, 0.1) is 10.3 Å². The van der Waals surface area contributed by atoms with Crippen molar-refractivity contribution < 1.29 is 13.2 Å². The van der Waals surface area contributed by atoms with Gasteiger partial charge in [-0.1, -0.05) is 40.9 Å². The number of carbonyl (C=O) groups excluding carboxylic acids is 1. The van der Waals surface area contributed by atoms with Crippen LogP contribution in [0.5, 0.6) is 0 Å². The van der Waals surface area contributed by atoms with E-state index in [0.717, 1.165) is 10.1 Å². The fourth-order valence-corrected chi connectivity index (χ4v) is 4.88. The maximum Gasteiger partial charge on any atom is 0.244 e. The number of thioether (sulfide) groups is 1. The predicted molar refractivity (Wildman–Crippen MR) is 118 cm³/mol. The summed E-state index contributed by atoms with van der Waals surface area (Å²) < 4.78 is 25.8. The lowest BCUT2D eigenvalue weighted by molar-refractivity contribution is -0.115. The Morgan fingerprint density at radius 2 is 1.75 bits per heavy atom. The van der Waals surface area contributed by atoms with Crippen molar-refractivity contribution >= 4 is 45.0 Å². The fourth-order valence-electron chi connectivity index (χ4n) is 2.67. The van der Waals surface area contributed by atoms with E-state index in [2.05, 4.69) is 37.4 Å². The first-order valence-corrected chi connectivity index (χ1v) is 11.6. The molecular formula is C20H25ClN2O3S2. The molecule has 0 saturated heterocycles. The molecule has 8 heteroatoms. The Morgan fingerprint density at radius 3 is 2.32 bits per heavy atom. The second-order valence-corrected chi connectivity index (χ2v) is 10.7. The summed E-state index contributed by atoms with van der Waals surface area (Å²) in [7, 11) is -0.829. The van der Waals surface area contributed by atoms with Crippen molar-refractivity contribution in [2.75, 3.05) is 19.4 Å². The molecule has 0 spiro atoms. The van der Waals surface area contributed by atoms with E-state index in [9.17, 15) is 13.2 Å². The number of amides is 1. The topological polar surface area (TPSA) is 66.5 Å². The standard InChI is InChI=1S/C20H25ClN2O3S2/c1-13-8-14(2)10-16(9-13)12-27-15(3)20(24)22-17-6-7-18(21)19(11-17)28(25,26)23(4)5/h6-11,15H,12H2,1-5H3,(H,22,24). The SMILES string of the molecule is Cc1cc(C)cc(CSC(C)C(=O)Nc2ccc(Cl)c(S(=O)(=O)N(C)C)c2)c1. The van der Waals surface area contributed by atoms with Crippen LogP contribution in [0.3, 0.4) is 0 Å². The Bertz CT molecular complexity index is 955. The second kappa shape index (κ2) is 9.31. The zero-order chi connectivity index (χ0) is 21.1. The van der Waals surface area contributed by atoms with Crippen LogP contribution < -0.4 is 5.32 Å². The van der Waals surface area contributed by atoms with Gasteiger partial charge in [0.1, 0.15) is 4.90 Å². The summed E-state index contributed by atoms with van der Waals surface area (Å²) in [5, 5.41) is 2.59.